The zero-order valence-corrected chi connectivity index (χ0v) is 18.1. The standard InChI is InChI=1S/C24H20F3N5O2/c1-12-16(8-13-4-6-28-22(13)29-12)19-2-3-20(31-19)24(34)32-7-5-14(11-32)23(33)30-15-9-17(25)21(27)18(26)10-15/h2-4,6,8-10,14,31H,5,7,11H2,1H3,(H,28,29)(H,30,33)/t14-/m0/s1. The Hall–Kier alpha value is -4.08. The van der Waals surface area contributed by atoms with Gasteiger partial charge in [0.25, 0.3) is 5.91 Å². The van der Waals surface area contributed by atoms with Crippen molar-refractivity contribution in [2.45, 2.75) is 13.3 Å². The Morgan fingerprint density at radius 3 is 2.65 bits per heavy atom. The predicted octanol–water partition coefficient (Wildman–Crippen LogP) is 4.38. The number of hydrogen-bond acceptors (Lipinski definition) is 3. The van der Waals surface area contributed by atoms with Crippen molar-refractivity contribution in [2.24, 2.45) is 5.92 Å². The minimum atomic E-state index is -1.60. The molecular formula is C24H20F3N5O2. The number of carbonyl (C=O) groups is 2. The Morgan fingerprint density at radius 2 is 1.88 bits per heavy atom. The van der Waals surface area contributed by atoms with Gasteiger partial charge in [0.15, 0.2) is 17.5 Å². The molecule has 4 aromatic rings. The molecule has 0 saturated carbocycles. The summed E-state index contributed by atoms with van der Waals surface area (Å²) in [4.78, 5) is 37.8. The molecule has 1 atom stereocenters. The fourth-order valence-corrected chi connectivity index (χ4v) is 4.22. The minimum Gasteiger partial charge on any atom is -0.350 e. The average Bonchev–Trinajstić information content (AvgIpc) is 3.56. The van der Waals surface area contributed by atoms with Gasteiger partial charge in [0, 0.05) is 59.4 Å². The number of aromatic amines is 2. The zero-order chi connectivity index (χ0) is 24.0. The molecule has 0 radical (unpaired) electrons. The fourth-order valence-electron chi connectivity index (χ4n) is 4.22. The molecule has 1 aliphatic rings. The molecule has 2 amide bonds. The first-order chi connectivity index (χ1) is 16.3. The first kappa shape index (κ1) is 21.7. The maximum atomic E-state index is 13.4. The molecule has 0 unspecified atom stereocenters. The van der Waals surface area contributed by atoms with Crippen molar-refractivity contribution in [3.63, 3.8) is 0 Å². The second-order valence-corrected chi connectivity index (χ2v) is 8.30. The average molecular weight is 467 g/mol. The Labute approximate surface area is 192 Å². The monoisotopic (exact) mass is 467 g/mol. The summed E-state index contributed by atoms with van der Waals surface area (Å²) in [5.41, 5.74) is 3.43. The SMILES string of the molecule is Cc1nc2[nH]ccc2cc1-c1ccc(C(=O)N2CC[C@H](C(=O)Nc3cc(F)c(F)c(F)c3)C2)[nH]1. The number of carbonyl (C=O) groups excluding carboxylic acids is 2. The number of nitrogens with one attached hydrogen (secondary N) is 3. The maximum Gasteiger partial charge on any atom is 0.270 e. The van der Waals surface area contributed by atoms with Gasteiger partial charge in [-0.2, -0.15) is 0 Å². The number of pyridine rings is 1. The van der Waals surface area contributed by atoms with E-state index in [1.807, 2.05) is 31.3 Å². The van der Waals surface area contributed by atoms with Crippen LogP contribution in [0.2, 0.25) is 0 Å². The van der Waals surface area contributed by atoms with Crippen molar-refractivity contribution >= 4 is 28.5 Å². The molecule has 3 N–H and O–H groups in total. The molecule has 1 aromatic carbocycles. The number of likely N-dealkylation sites (tertiary alicyclic amines) is 1. The second kappa shape index (κ2) is 8.36. The third kappa shape index (κ3) is 3.91. The number of benzene rings is 1. The lowest BCUT2D eigenvalue weighted by Crippen LogP contribution is -2.31. The van der Waals surface area contributed by atoms with Crippen LogP contribution in [0.4, 0.5) is 18.9 Å². The van der Waals surface area contributed by atoms with Crippen molar-refractivity contribution in [1.82, 2.24) is 19.9 Å². The highest BCUT2D eigenvalue weighted by Gasteiger charge is 2.32. The Balaban J connectivity index is 1.27. The summed E-state index contributed by atoms with van der Waals surface area (Å²) in [7, 11) is 0. The van der Waals surface area contributed by atoms with Gasteiger partial charge in [-0.15, -0.1) is 0 Å². The molecule has 3 aromatic heterocycles. The molecule has 1 saturated heterocycles. The van der Waals surface area contributed by atoms with Gasteiger partial charge in [-0.3, -0.25) is 9.59 Å². The van der Waals surface area contributed by atoms with E-state index in [0.717, 1.165) is 40.1 Å². The first-order valence-corrected chi connectivity index (χ1v) is 10.7. The molecule has 174 valence electrons. The number of hydrogen-bond donors (Lipinski definition) is 3. The molecule has 1 aliphatic heterocycles. The number of halogens is 3. The number of anilines is 1. The molecule has 5 rings (SSSR count). The van der Waals surface area contributed by atoms with Crippen LogP contribution in [0.1, 0.15) is 22.6 Å². The topological polar surface area (TPSA) is 93.9 Å². The third-order valence-electron chi connectivity index (χ3n) is 6.03. The smallest absolute Gasteiger partial charge is 0.270 e. The second-order valence-electron chi connectivity index (χ2n) is 8.30. The minimum absolute atomic E-state index is 0.154. The Bertz CT molecular complexity index is 1400. The Kier molecular flexibility index (Phi) is 5.35. The van der Waals surface area contributed by atoms with E-state index < -0.39 is 29.3 Å². The number of fused-ring (bicyclic) bond motifs is 1. The van der Waals surface area contributed by atoms with E-state index in [1.165, 1.54) is 0 Å². The lowest BCUT2D eigenvalue weighted by molar-refractivity contribution is -0.119. The van der Waals surface area contributed by atoms with Crippen molar-refractivity contribution in [1.29, 1.82) is 0 Å². The third-order valence-corrected chi connectivity index (χ3v) is 6.03. The van der Waals surface area contributed by atoms with Gasteiger partial charge < -0.3 is 20.2 Å². The van der Waals surface area contributed by atoms with Crippen LogP contribution in [0.5, 0.6) is 0 Å². The van der Waals surface area contributed by atoms with Crippen molar-refractivity contribution < 1.29 is 22.8 Å². The number of H-pyrrole nitrogens is 2. The molecule has 34 heavy (non-hydrogen) atoms. The zero-order valence-electron chi connectivity index (χ0n) is 18.1. The van der Waals surface area contributed by atoms with Crippen LogP contribution in [0.25, 0.3) is 22.3 Å². The van der Waals surface area contributed by atoms with E-state index in [4.69, 9.17) is 0 Å². The van der Waals surface area contributed by atoms with Gasteiger partial charge >= 0.3 is 0 Å². The van der Waals surface area contributed by atoms with Gasteiger partial charge in [0.1, 0.15) is 11.3 Å². The van der Waals surface area contributed by atoms with E-state index in [9.17, 15) is 22.8 Å². The van der Waals surface area contributed by atoms with Gasteiger partial charge in [0.05, 0.1) is 5.92 Å². The van der Waals surface area contributed by atoms with Gasteiger partial charge in [0.2, 0.25) is 5.91 Å². The highest BCUT2D eigenvalue weighted by atomic mass is 19.2. The van der Waals surface area contributed by atoms with Crippen LogP contribution in [-0.2, 0) is 4.79 Å². The summed E-state index contributed by atoms with van der Waals surface area (Å²) in [6.07, 6.45) is 2.21. The van der Waals surface area contributed by atoms with Gasteiger partial charge in [-0.1, -0.05) is 0 Å². The van der Waals surface area contributed by atoms with Crippen LogP contribution >= 0.6 is 0 Å². The number of amides is 2. The van der Waals surface area contributed by atoms with Crippen molar-refractivity contribution in [3.8, 4) is 11.3 Å². The normalized spacial score (nSPS) is 15.8. The van der Waals surface area contributed by atoms with E-state index in [1.54, 1.807) is 11.0 Å². The molecular weight excluding hydrogens is 447 g/mol. The number of aromatic nitrogens is 3. The summed E-state index contributed by atoms with van der Waals surface area (Å²) >= 11 is 0. The molecule has 4 heterocycles. The van der Waals surface area contributed by atoms with Crippen molar-refractivity contribution in [3.05, 3.63) is 71.4 Å². The van der Waals surface area contributed by atoms with Crippen LogP contribution in [0.15, 0.2) is 42.6 Å². The molecule has 0 spiro atoms. The van der Waals surface area contributed by atoms with E-state index in [-0.39, 0.29) is 18.1 Å². The van der Waals surface area contributed by atoms with Crippen LogP contribution in [0, 0.1) is 30.3 Å². The molecule has 0 aliphatic carbocycles. The fraction of sp³-hybridized carbons (Fsp3) is 0.208. The maximum absolute atomic E-state index is 13.4. The summed E-state index contributed by atoms with van der Waals surface area (Å²) in [6, 6.07) is 8.85. The molecule has 10 heteroatoms. The predicted molar refractivity (Wildman–Crippen MR) is 120 cm³/mol. The lowest BCUT2D eigenvalue weighted by Gasteiger charge is -2.16. The van der Waals surface area contributed by atoms with Crippen LogP contribution in [-0.4, -0.2) is 44.8 Å². The summed E-state index contributed by atoms with van der Waals surface area (Å²) in [6.45, 7) is 2.40. The molecule has 1 fully saturated rings. The van der Waals surface area contributed by atoms with E-state index in [2.05, 4.69) is 20.3 Å². The van der Waals surface area contributed by atoms with Crippen LogP contribution < -0.4 is 5.32 Å². The highest BCUT2D eigenvalue weighted by molar-refractivity contribution is 5.96. The Morgan fingerprint density at radius 1 is 1.12 bits per heavy atom. The molecule has 7 nitrogen and oxygen atoms in total. The van der Waals surface area contributed by atoms with Crippen molar-refractivity contribution in [2.75, 3.05) is 18.4 Å². The largest absolute Gasteiger partial charge is 0.350 e. The van der Waals surface area contributed by atoms with E-state index in [0.29, 0.717) is 18.7 Å². The quantitative estimate of drug-likeness (QED) is 0.389. The van der Waals surface area contributed by atoms with Crippen LogP contribution in [0.3, 0.4) is 0 Å². The number of nitrogens with zero attached hydrogens (tertiary/aromatic N) is 2. The van der Waals surface area contributed by atoms with E-state index >= 15 is 0 Å². The summed E-state index contributed by atoms with van der Waals surface area (Å²) in [5, 5.41) is 3.35. The first-order valence-electron chi connectivity index (χ1n) is 10.7. The molecule has 0 bridgehead atoms. The highest BCUT2D eigenvalue weighted by Crippen LogP contribution is 2.27. The van der Waals surface area contributed by atoms with Gasteiger partial charge in [-0.05, 0) is 37.6 Å². The number of aryl methyl sites for hydroxylation is 1. The van der Waals surface area contributed by atoms with Gasteiger partial charge in [-0.25, -0.2) is 18.2 Å². The summed E-state index contributed by atoms with van der Waals surface area (Å²) in [5.74, 6) is -5.68. The number of rotatable bonds is 4. The summed E-state index contributed by atoms with van der Waals surface area (Å²) < 4.78 is 39.9. The lowest BCUT2D eigenvalue weighted by atomic mass is 10.1.